The number of nitrogens with zero attached hydrogens (tertiary/aromatic N) is 3. The van der Waals surface area contributed by atoms with Crippen molar-refractivity contribution in [3.63, 3.8) is 0 Å². The monoisotopic (exact) mass is 480 g/mol. The molecule has 0 unspecified atom stereocenters. The van der Waals surface area contributed by atoms with E-state index >= 15 is 0 Å². The van der Waals surface area contributed by atoms with Crippen molar-refractivity contribution in [2.45, 2.75) is 19.8 Å². The highest BCUT2D eigenvalue weighted by Gasteiger charge is 2.27. The highest BCUT2D eigenvalue weighted by molar-refractivity contribution is 5.93. The molecule has 0 aliphatic carbocycles. The molecule has 1 aromatic heterocycles. The van der Waals surface area contributed by atoms with E-state index in [0.717, 1.165) is 24.2 Å². The van der Waals surface area contributed by atoms with Crippen LogP contribution in [0.5, 0.6) is 23.0 Å². The molecule has 0 bridgehead atoms. The van der Waals surface area contributed by atoms with Crippen LogP contribution in [-0.2, 0) is 4.74 Å². The maximum absolute atomic E-state index is 13.1. The van der Waals surface area contributed by atoms with Gasteiger partial charge in [-0.25, -0.2) is 9.98 Å². The van der Waals surface area contributed by atoms with E-state index < -0.39 is 0 Å². The van der Waals surface area contributed by atoms with E-state index in [2.05, 4.69) is 16.7 Å². The third-order valence-electron chi connectivity index (χ3n) is 6.02. The number of methoxy groups -OCH3 is 3. The smallest absolute Gasteiger partial charge is 0.272 e. The maximum Gasteiger partial charge on any atom is 0.272 e. The highest BCUT2D eigenvalue weighted by atomic mass is 16.5. The Kier molecular flexibility index (Phi) is 8.72. The third-order valence-corrected chi connectivity index (χ3v) is 6.02. The number of aromatic nitrogens is 1. The van der Waals surface area contributed by atoms with Crippen molar-refractivity contribution in [2.75, 3.05) is 34.4 Å². The molecule has 0 spiro atoms. The lowest BCUT2D eigenvalue weighted by atomic mass is 9.89. The number of hydrogen-bond acceptors (Lipinski definition) is 8. The van der Waals surface area contributed by atoms with Gasteiger partial charge in [-0.15, -0.1) is 0 Å². The number of ether oxygens (including phenoxy) is 4. The van der Waals surface area contributed by atoms with Gasteiger partial charge in [0, 0.05) is 25.2 Å². The second-order valence-electron chi connectivity index (χ2n) is 8.04. The van der Waals surface area contributed by atoms with E-state index in [1.165, 1.54) is 13.3 Å². The molecule has 0 atom stereocenters. The van der Waals surface area contributed by atoms with Crippen molar-refractivity contribution >= 4 is 12.6 Å². The van der Waals surface area contributed by atoms with Gasteiger partial charge in [-0.1, -0.05) is 0 Å². The van der Waals surface area contributed by atoms with Crippen LogP contribution in [0.3, 0.4) is 0 Å². The van der Waals surface area contributed by atoms with Crippen molar-refractivity contribution in [1.82, 2.24) is 9.88 Å². The number of carbonyl (C=O) groups is 1. The molecule has 3 rings (SSSR count). The molecule has 1 fully saturated rings. The number of rotatable bonds is 9. The summed E-state index contributed by atoms with van der Waals surface area (Å²) in [4.78, 5) is 23.0. The van der Waals surface area contributed by atoms with Gasteiger partial charge < -0.3 is 29.6 Å². The van der Waals surface area contributed by atoms with Crippen LogP contribution in [0.1, 0.15) is 30.3 Å². The van der Waals surface area contributed by atoms with Crippen LogP contribution >= 0.6 is 0 Å². The normalized spacial score (nSPS) is 15.2. The molecule has 0 radical (unpaired) electrons. The number of aliphatic imine (C=N–C) groups is 1. The minimum absolute atomic E-state index is 0.147. The Labute approximate surface area is 205 Å². The Morgan fingerprint density at radius 2 is 1.77 bits per heavy atom. The molecule has 1 amide bonds. The largest absolute Gasteiger partial charge is 0.497 e. The number of carbonyl (C=O) groups excluding carboxylic acids is 1. The maximum atomic E-state index is 13.1. The van der Waals surface area contributed by atoms with Gasteiger partial charge in [-0.3, -0.25) is 4.79 Å². The summed E-state index contributed by atoms with van der Waals surface area (Å²) in [5, 5.41) is 0. The molecule has 9 nitrogen and oxygen atoms in total. The highest BCUT2D eigenvalue weighted by Crippen LogP contribution is 2.33. The minimum atomic E-state index is -0.147. The average molecular weight is 481 g/mol. The van der Waals surface area contributed by atoms with E-state index in [4.69, 9.17) is 24.7 Å². The number of amides is 1. The summed E-state index contributed by atoms with van der Waals surface area (Å²) < 4.78 is 22.0. The summed E-state index contributed by atoms with van der Waals surface area (Å²) in [7, 11) is 4.73. The van der Waals surface area contributed by atoms with Gasteiger partial charge in [0.15, 0.2) is 11.5 Å². The minimum Gasteiger partial charge on any atom is -0.497 e. The third kappa shape index (κ3) is 6.32. The van der Waals surface area contributed by atoms with Crippen LogP contribution in [0, 0.1) is 5.92 Å². The van der Waals surface area contributed by atoms with Gasteiger partial charge >= 0.3 is 0 Å². The summed E-state index contributed by atoms with van der Waals surface area (Å²) in [6.45, 7) is 6.65. The first-order chi connectivity index (χ1) is 16.9. The number of allylic oxidation sites excluding steroid dienone is 2. The van der Waals surface area contributed by atoms with Gasteiger partial charge in [0.25, 0.3) is 5.91 Å². The number of likely N-dealkylation sites (tertiary alicyclic amines) is 1. The zero-order valence-electron chi connectivity index (χ0n) is 20.6. The van der Waals surface area contributed by atoms with E-state index in [1.807, 2.05) is 6.92 Å². The number of piperidine rings is 1. The number of pyridine rings is 1. The first kappa shape index (κ1) is 25.6. The summed E-state index contributed by atoms with van der Waals surface area (Å²) in [6, 6.07) is 8.77. The van der Waals surface area contributed by atoms with Gasteiger partial charge in [0.2, 0.25) is 0 Å². The van der Waals surface area contributed by atoms with Crippen molar-refractivity contribution < 1.29 is 23.7 Å². The standard InChI is InChI=1S/C26H32N4O5/c1-17(22(33-4)15-25(27)28-2)18-10-12-30(13-11-18)26(31)21-14-23(34-5)24(16-29-21)35-20-8-6-19(32-3)7-9-20/h6-9,14-16,18H,2,10-13,27H2,1,3-5H3/b22-17-,25-15-. The Balaban J connectivity index is 1.68. The van der Waals surface area contributed by atoms with E-state index in [0.29, 0.717) is 47.6 Å². The number of benzene rings is 1. The van der Waals surface area contributed by atoms with Crippen LogP contribution < -0.4 is 19.9 Å². The van der Waals surface area contributed by atoms with Crippen LogP contribution in [-0.4, -0.2) is 56.9 Å². The van der Waals surface area contributed by atoms with Gasteiger partial charge in [-0.2, -0.15) is 0 Å². The van der Waals surface area contributed by atoms with Gasteiger partial charge in [-0.05, 0) is 62.2 Å². The summed E-state index contributed by atoms with van der Waals surface area (Å²) in [5.74, 6) is 3.28. The van der Waals surface area contributed by atoms with Crippen molar-refractivity contribution in [3.8, 4) is 23.0 Å². The molecule has 0 saturated carbocycles. The molecule has 1 aliphatic rings. The van der Waals surface area contributed by atoms with E-state index in [1.54, 1.807) is 55.5 Å². The summed E-state index contributed by atoms with van der Waals surface area (Å²) >= 11 is 0. The molecule has 1 aromatic carbocycles. The fraction of sp³-hybridized carbons (Fsp3) is 0.346. The number of hydrogen-bond donors (Lipinski definition) is 1. The molecule has 9 heteroatoms. The second-order valence-corrected chi connectivity index (χ2v) is 8.04. The topological polar surface area (TPSA) is 109 Å². The van der Waals surface area contributed by atoms with E-state index in [-0.39, 0.29) is 11.8 Å². The molecule has 35 heavy (non-hydrogen) atoms. The number of nitrogens with two attached hydrogens (primary N) is 1. The summed E-state index contributed by atoms with van der Waals surface area (Å²) in [6.07, 6.45) is 4.78. The van der Waals surface area contributed by atoms with Crippen molar-refractivity contribution in [3.05, 3.63) is 65.5 Å². The van der Waals surface area contributed by atoms with E-state index in [9.17, 15) is 4.79 Å². The fourth-order valence-electron chi connectivity index (χ4n) is 3.94. The van der Waals surface area contributed by atoms with Crippen molar-refractivity contribution in [1.29, 1.82) is 0 Å². The quantitative estimate of drug-likeness (QED) is 0.326. The molecule has 2 N–H and O–H groups in total. The molecule has 1 aliphatic heterocycles. The Bertz CT molecular complexity index is 1100. The van der Waals surface area contributed by atoms with Gasteiger partial charge in [0.05, 0.1) is 27.5 Å². The van der Waals surface area contributed by atoms with Crippen molar-refractivity contribution in [2.24, 2.45) is 16.6 Å². The van der Waals surface area contributed by atoms with Crippen LogP contribution in [0.15, 0.2) is 64.8 Å². The zero-order valence-corrected chi connectivity index (χ0v) is 20.6. The predicted octanol–water partition coefficient (Wildman–Crippen LogP) is 4.16. The first-order valence-electron chi connectivity index (χ1n) is 11.2. The Morgan fingerprint density at radius 3 is 2.34 bits per heavy atom. The van der Waals surface area contributed by atoms with Crippen LogP contribution in [0.25, 0.3) is 0 Å². The Hall–Kier alpha value is -4.01. The van der Waals surface area contributed by atoms with Crippen LogP contribution in [0.4, 0.5) is 0 Å². The molecular formula is C26H32N4O5. The average Bonchev–Trinajstić information content (AvgIpc) is 2.91. The molecule has 2 heterocycles. The second kappa shape index (κ2) is 11.9. The first-order valence-corrected chi connectivity index (χ1v) is 11.2. The lowest BCUT2D eigenvalue weighted by Crippen LogP contribution is -2.39. The molecule has 2 aromatic rings. The lowest BCUT2D eigenvalue weighted by molar-refractivity contribution is 0.0694. The summed E-state index contributed by atoms with van der Waals surface area (Å²) in [5.41, 5.74) is 7.15. The van der Waals surface area contributed by atoms with Crippen LogP contribution in [0.2, 0.25) is 0 Å². The molecule has 1 saturated heterocycles. The zero-order chi connectivity index (χ0) is 25.4. The molecular weight excluding hydrogens is 448 g/mol. The lowest BCUT2D eigenvalue weighted by Gasteiger charge is -2.32. The SMILES string of the molecule is C=N/C(N)=C\C(OC)=C(/C)C1CCN(C(=O)c2cc(OC)c(Oc3ccc(OC)cc3)cn2)CC1. The van der Waals surface area contributed by atoms with Gasteiger partial charge in [0.1, 0.15) is 28.8 Å². The Morgan fingerprint density at radius 1 is 1.11 bits per heavy atom. The molecule has 186 valence electrons. The fourth-order valence-corrected chi connectivity index (χ4v) is 3.94. The predicted molar refractivity (Wildman–Crippen MR) is 134 cm³/mol.